The third-order valence-corrected chi connectivity index (χ3v) is 4.14. The second kappa shape index (κ2) is 4.36. The summed E-state index contributed by atoms with van der Waals surface area (Å²) >= 11 is 0. The number of ketones is 1. The van der Waals surface area contributed by atoms with Crippen molar-refractivity contribution in [2.75, 3.05) is 4.90 Å². The van der Waals surface area contributed by atoms with Crippen molar-refractivity contribution < 1.29 is 24.3 Å². The predicted molar refractivity (Wildman–Crippen MR) is 79.0 cm³/mol. The molecule has 0 atom stereocenters. The maximum Gasteiger partial charge on any atom is 0.335 e. The van der Waals surface area contributed by atoms with Crippen LogP contribution in [0.4, 0.5) is 5.69 Å². The number of Topliss-reactive ketones (excluding diaryl/α,β-unsaturated/α-hetero) is 1. The molecule has 0 saturated heterocycles. The average Bonchev–Trinajstić information content (AvgIpc) is 2.78. The number of hydrogen-bond donors (Lipinski definition) is 1. The molecule has 1 aliphatic heterocycles. The highest BCUT2D eigenvalue weighted by Crippen LogP contribution is 2.33. The molecule has 2 amide bonds. The van der Waals surface area contributed by atoms with Crippen LogP contribution in [0, 0.1) is 0 Å². The molecule has 2 aliphatic rings. The lowest BCUT2D eigenvalue weighted by molar-refractivity contribution is 0.0696. The van der Waals surface area contributed by atoms with E-state index < -0.39 is 17.8 Å². The van der Waals surface area contributed by atoms with Crippen LogP contribution in [0.15, 0.2) is 36.4 Å². The van der Waals surface area contributed by atoms with E-state index in [0.717, 1.165) is 10.5 Å². The van der Waals surface area contributed by atoms with E-state index in [4.69, 9.17) is 5.11 Å². The van der Waals surface area contributed by atoms with Crippen molar-refractivity contribution in [2.24, 2.45) is 0 Å². The van der Waals surface area contributed by atoms with E-state index in [1.165, 1.54) is 24.3 Å². The summed E-state index contributed by atoms with van der Waals surface area (Å²) in [4.78, 5) is 48.5. The van der Waals surface area contributed by atoms with Gasteiger partial charge in [-0.05, 0) is 35.9 Å². The zero-order chi connectivity index (χ0) is 16.3. The van der Waals surface area contributed by atoms with Gasteiger partial charge in [0.2, 0.25) is 0 Å². The van der Waals surface area contributed by atoms with Crippen LogP contribution in [0.1, 0.15) is 47.0 Å². The first-order valence-corrected chi connectivity index (χ1v) is 6.89. The number of fused-ring (bicyclic) bond motifs is 2. The van der Waals surface area contributed by atoms with Crippen molar-refractivity contribution in [1.82, 2.24) is 0 Å². The summed E-state index contributed by atoms with van der Waals surface area (Å²) in [6.07, 6.45) is 0.375. The molecule has 0 unspecified atom stereocenters. The Labute approximate surface area is 130 Å². The zero-order valence-corrected chi connectivity index (χ0v) is 11.7. The average molecular weight is 307 g/mol. The molecular formula is C17H9NO5. The lowest BCUT2D eigenvalue weighted by atomic mass is 9.87. The Morgan fingerprint density at radius 2 is 1.65 bits per heavy atom. The Balaban J connectivity index is 1.80. The van der Waals surface area contributed by atoms with Gasteiger partial charge in [0.25, 0.3) is 11.8 Å². The van der Waals surface area contributed by atoms with Crippen LogP contribution in [0.3, 0.4) is 0 Å². The molecule has 0 saturated carbocycles. The Morgan fingerprint density at radius 1 is 0.913 bits per heavy atom. The SMILES string of the molecule is O=C(O)c1ccc2c(c1)C(=O)N(c1ccc3c(c1)C(=O)C3)C2=O. The van der Waals surface area contributed by atoms with Gasteiger partial charge >= 0.3 is 5.97 Å². The molecule has 1 N–H and O–H groups in total. The number of carboxylic acids is 1. The summed E-state index contributed by atoms with van der Waals surface area (Å²) in [5, 5.41) is 9.01. The summed E-state index contributed by atoms with van der Waals surface area (Å²) in [5.41, 5.74) is 1.89. The van der Waals surface area contributed by atoms with Crippen molar-refractivity contribution in [3.05, 3.63) is 64.2 Å². The molecule has 0 bridgehead atoms. The minimum absolute atomic E-state index is 0.0216. The van der Waals surface area contributed by atoms with Crippen molar-refractivity contribution in [1.29, 1.82) is 0 Å². The minimum atomic E-state index is -1.17. The Bertz CT molecular complexity index is 944. The molecule has 1 heterocycles. The van der Waals surface area contributed by atoms with Crippen LogP contribution in [-0.2, 0) is 6.42 Å². The van der Waals surface area contributed by atoms with E-state index in [9.17, 15) is 19.2 Å². The summed E-state index contributed by atoms with van der Waals surface area (Å²) in [5.74, 6) is -2.29. The molecule has 112 valence electrons. The third kappa shape index (κ3) is 1.75. The van der Waals surface area contributed by atoms with E-state index in [0.29, 0.717) is 17.7 Å². The van der Waals surface area contributed by atoms with Gasteiger partial charge in [-0.3, -0.25) is 14.4 Å². The van der Waals surface area contributed by atoms with Gasteiger partial charge in [0.1, 0.15) is 0 Å². The molecule has 6 heteroatoms. The third-order valence-electron chi connectivity index (χ3n) is 4.14. The molecule has 4 rings (SSSR count). The number of anilines is 1. The smallest absolute Gasteiger partial charge is 0.335 e. The van der Waals surface area contributed by atoms with E-state index >= 15 is 0 Å². The Morgan fingerprint density at radius 3 is 2.35 bits per heavy atom. The van der Waals surface area contributed by atoms with E-state index in [1.54, 1.807) is 12.1 Å². The van der Waals surface area contributed by atoms with E-state index in [2.05, 4.69) is 0 Å². The van der Waals surface area contributed by atoms with Crippen molar-refractivity contribution in [3.8, 4) is 0 Å². The second-order valence-corrected chi connectivity index (χ2v) is 5.45. The highest BCUT2D eigenvalue weighted by atomic mass is 16.4. The molecule has 2 aromatic carbocycles. The van der Waals surface area contributed by atoms with Crippen LogP contribution in [0.25, 0.3) is 0 Å². The summed E-state index contributed by atoms with van der Waals surface area (Å²) in [7, 11) is 0. The van der Waals surface area contributed by atoms with Crippen LogP contribution in [-0.4, -0.2) is 28.7 Å². The van der Waals surface area contributed by atoms with Gasteiger partial charge in [-0.2, -0.15) is 0 Å². The Kier molecular flexibility index (Phi) is 2.54. The molecule has 0 spiro atoms. The van der Waals surface area contributed by atoms with Gasteiger partial charge in [0.15, 0.2) is 5.78 Å². The first kappa shape index (κ1) is 13.4. The number of hydrogen-bond acceptors (Lipinski definition) is 4. The molecule has 6 nitrogen and oxygen atoms in total. The fourth-order valence-electron chi connectivity index (χ4n) is 2.89. The van der Waals surface area contributed by atoms with Gasteiger partial charge in [-0.15, -0.1) is 0 Å². The molecular weight excluding hydrogens is 298 g/mol. The number of carboxylic acid groups (broad SMARTS) is 1. The van der Waals surface area contributed by atoms with Crippen LogP contribution < -0.4 is 4.90 Å². The molecule has 0 aromatic heterocycles. The predicted octanol–water partition coefficient (Wildman–Crippen LogP) is 1.92. The topological polar surface area (TPSA) is 91.8 Å². The van der Waals surface area contributed by atoms with Crippen LogP contribution in [0.2, 0.25) is 0 Å². The zero-order valence-electron chi connectivity index (χ0n) is 11.7. The monoisotopic (exact) mass is 307 g/mol. The Hall–Kier alpha value is -3.28. The summed E-state index contributed by atoms with van der Waals surface area (Å²) < 4.78 is 0. The quantitative estimate of drug-likeness (QED) is 0.856. The number of amides is 2. The van der Waals surface area contributed by atoms with Crippen molar-refractivity contribution >= 4 is 29.3 Å². The van der Waals surface area contributed by atoms with Gasteiger partial charge in [-0.25, -0.2) is 9.69 Å². The standard InChI is InChI=1S/C17H9NO5/c19-14-6-8-1-3-10(7-12(8)14)18-15(20)11-4-2-9(17(22)23)5-13(11)16(18)21/h1-5,7H,6H2,(H,22,23). The number of carbonyl (C=O) groups is 4. The molecule has 23 heavy (non-hydrogen) atoms. The number of carbonyl (C=O) groups excluding carboxylic acids is 3. The van der Waals surface area contributed by atoms with E-state index in [-0.39, 0.29) is 22.5 Å². The van der Waals surface area contributed by atoms with Gasteiger partial charge in [-0.1, -0.05) is 6.07 Å². The first-order valence-electron chi connectivity index (χ1n) is 6.89. The molecule has 1 aliphatic carbocycles. The number of aromatic carboxylic acids is 1. The minimum Gasteiger partial charge on any atom is -0.478 e. The first-order chi connectivity index (χ1) is 11.0. The number of benzene rings is 2. The van der Waals surface area contributed by atoms with E-state index in [1.807, 2.05) is 0 Å². The number of rotatable bonds is 2. The highest BCUT2D eigenvalue weighted by Gasteiger charge is 2.38. The molecule has 2 aromatic rings. The number of imide groups is 1. The van der Waals surface area contributed by atoms with Crippen molar-refractivity contribution in [2.45, 2.75) is 6.42 Å². The lowest BCUT2D eigenvalue weighted by Gasteiger charge is -2.21. The fourth-order valence-corrected chi connectivity index (χ4v) is 2.89. The largest absolute Gasteiger partial charge is 0.478 e. The highest BCUT2D eigenvalue weighted by molar-refractivity contribution is 6.35. The second-order valence-electron chi connectivity index (χ2n) is 5.45. The lowest BCUT2D eigenvalue weighted by Crippen LogP contribution is -2.30. The number of nitrogens with zero attached hydrogens (tertiary/aromatic N) is 1. The fraction of sp³-hybridized carbons (Fsp3) is 0.0588. The molecule has 0 fully saturated rings. The molecule has 0 radical (unpaired) electrons. The maximum absolute atomic E-state index is 12.5. The summed E-state index contributed by atoms with van der Waals surface area (Å²) in [6.45, 7) is 0. The van der Waals surface area contributed by atoms with Crippen LogP contribution in [0.5, 0.6) is 0 Å². The van der Waals surface area contributed by atoms with Gasteiger partial charge in [0.05, 0.1) is 22.4 Å². The van der Waals surface area contributed by atoms with Crippen molar-refractivity contribution in [3.63, 3.8) is 0 Å². The summed E-state index contributed by atoms with van der Waals surface area (Å²) in [6, 6.07) is 8.69. The van der Waals surface area contributed by atoms with Crippen LogP contribution >= 0.6 is 0 Å². The normalized spacial score (nSPS) is 15.3. The van der Waals surface area contributed by atoms with Gasteiger partial charge < -0.3 is 5.11 Å². The maximum atomic E-state index is 12.5. The van der Waals surface area contributed by atoms with Gasteiger partial charge in [0, 0.05) is 12.0 Å².